The third kappa shape index (κ3) is 4.81. The predicted molar refractivity (Wildman–Crippen MR) is 90.0 cm³/mol. The molecule has 0 bridgehead atoms. The Bertz CT molecular complexity index is 815. The van der Waals surface area contributed by atoms with Gasteiger partial charge in [0.05, 0.1) is 24.8 Å². The lowest BCUT2D eigenvalue weighted by Crippen LogP contribution is -2.17. The van der Waals surface area contributed by atoms with Crippen LogP contribution in [0.2, 0.25) is 0 Å². The van der Waals surface area contributed by atoms with Crippen LogP contribution in [0.4, 0.5) is 5.69 Å². The van der Waals surface area contributed by atoms with Crippen LogP contribution in [0.1, 0.15) is 22.8 Å². The second-order valence-electron chi connectivity index (χ2n) is 5.14. The van der Waals surface area contributed by atoms with E-state index in [1.165, 1.54) is 32.2 Å². The van der Waals surface area contributed by atoms with Gasteiger partial charge in [0.25, 0.3) is 0 Å². The number of hydrogen-bond acceptors (Lipinski definition) is 5. The van der Waals surface area contributed by atoms with E-state index in [4.69, 9.17) is 9.47 Å². The van der Waals surface area contributed by atoms with Gasteiger partial charge in [0.1, 0.15) is 11.5 Å². The lowest BCUT2D eigenvalue weighted by atomic mass is 10.1. The first-order valence-corrected chi connectivity index (χ1v) is 7.38. The summed E-state index contributed by atoms with van der Waals surface area (Å²) in [6.07, 6.45) is 0.0226. The molecule has 0 radical (unpaired) electrons. The highest BCUT2D eigenvalue weighted by atomic mass is 16.5. The van der Waals surface area contributed by atoms with Crippen molar-refractivity contribution in [2.24, 2.45) is 0 Å². The van der Waals surface area contributed by atoms with E-state index in [1.54, 1.807) is 24.3 Å². The molecule has 0 saturated carbocycles. The number of benzene rings is 2. The predicted octanol–water partition coefficient (Wildman–Crippen LogP) is 2.50. The van der Waals surface area contributed by atoms with Crippen LogP contribution in [0.3, 0.4) is 0 Å². The number of amides is 1. The Labute approximate surface area is 144 Å². The van der Waals surface area contributed by atoms with E-state index in [2.05, 4.69) is 5.32 Å². The summed E-state index contributed by atoms with van der Waals surface area (Å²) in [5, 5.41) is 11.9. The molecule has 7 heteroatoms. The SMILES string of the molecule is COc1ccccc1CC(=O)Nc1ccc(OC(C)=O)cc1C(=O)O. The van der Waals surface area contributed by atoms with Gasteiger partial charge in [0.2, 0.25) is 5.91 Å². The molecule has 2 aromatic carbocycles. The first-order chi connectivity index (χ1) is 11.9. The minimum atomic E-state index is -1.25. The van der Waals surface area contributed by atoms with Crippen molar-refractivity contribution in [3.05, 3.63) is 53.6 Å². The summed E-state index contributed by atoms with van der Waals surface area (Å²) in [5.41, 5.74) is 0.617. The summed E-state index contributed by atoms with van der Waals surface area (Å²) in [6, 6.07) is 11.0. The van der Waals surface area contributed by atoms with E-state index in [1.807, 2.05) is 0 Å². The number of hydrogen-bond donors (Lipinski definition) is 2. The molecule has 0 aromatic heterocycles. The van der Waals surface area contributed by atoms with E-state index in [0.717, 1.165) is 0 Å². The Morgan fingerprint density at radius 2 is 1.84 bits per heavy atom. The Morgan fingerprint density at radius 3 is 2.48 bits per heavy atom. The fraction of sp³-hybridized carbons (Fsp3) is 0.167. The topological polar surface area (TPSA) is 102 Å². The van der Waals surface area contributed by atoms with Gasteiger partial charge in [-0.15, -0.1) is 0 Å². The molecule has 0 atom stereocenters. The molecular weight excluding hydrogens is 326 g/mol. The average Bonchev–Trinajstić information content (AvgIpc) is 2.56. The molecule has 0 saturated heterocycles. The van der Waals surface area contributed by atoms with Crippen LogP contribution < -0.4 is 14.8 Å². The molecule has 0 fully saturated rings. The highest BCUT2D eigenvalue weighted by molar-refractivity contribution is 6.01. The molecule has 2 rings (SSSR count). The van der Waals surface area contributed by atoms with E-state index < -0.39 is 17.8 Å². The molecule has 0 aliphatic rings. The van der Waals surface area contributed by atoms with Crippen LogP contribution in [0.15, 0.2) is 42.5 Å². The highest BCUT2D eigenvalue weighted by Crippen LogP contribution is 2.24. The van der Waals surface area contributed by atoms with Crippen LogP contribution >= 0.6 is 0 Å². The van der Waals surface area contributed by atoms with E-state index in [0.29, 0.717) is 11.3 Å². The van der Waals surface area contributed by atoms with Crippen molar-refractivity contribution in [2.45, 2.75) is 13.3 Å². The molecule has 130 valence electrons. The highest BCUT2D eigenvalue weighted by Gasteiger charge is 2.16. The van der Waals surface area contributed by atoms with Crippen molar-refractivity contribution in [1.29, 1.82) is 0 Å². The standard InChI is InChI=1S/C18H17NO6/c1-11(20)25-13-7-8-15(14(10-13)18(22)23)19-17(21)9-12-5-3-4-6-16(12)24-2/h3-8,10H,9H2,1-2H3,(H,19,21)(H,22,23). The Hall–Kier alpha value is -3.35. The van der Waals surface area contributed by atoms with Gasteiger partial charge in [-0.1, -0.05) is 18.2 Å². The van der Waals surface area contributed by atoms with E-state index in [-0.39, 0.29) is 23.4 Å². The zero-order chi connectivity index (χ0) is 18.4. The second kappa shape index (κ2) is 7.96. The maximum atomic E-state index is 12.2. The Morgan fingerprint density at radius 1 is 1.12 bits per heavy atom. The summed E-state index contributed by atoms with van der Waals surface area (Å²) < 4.78 is 10.0. The monoisotopic (exact) mass is 343 g/mol. The van der Waals surface area contributed by atoms with Crippen molar-refractivity contribution in [1.82, 2.24) is 0 Å². The van der Waals surface area contributed by atoms with Crippen LogP contribution in [-0.4, -0.2) is 30.1 Å². The fourth-order valence-electron chi connectivity index (χ4n) is 2.26. The molecule has 2 aromatic rings. The summed E-state index contributed by atoms with van der Waals surface area (Å²) in [5.74, 6) is -1.55. The van der Waals surface area contributed by atoms with Gasteiger partial charge in [-0.05, 0) is 24.3 Å². The van der Waals surface area contributed by atoms with Gasteiger partial charge in [-0.2, -0.15) is 0 Å². The summed E-state index contributed by atoms with van der Waals surface area (Å²) in [6.45, 7) is 1.21. The third-order valence-corrected chi connectivity index (χ3v) is 3.30. The lowest BCUT2D eigenvalue weighted by molar-refractivity contribution is -0.131. The van der Waals surface area contributed by atoms with Crippen molar-refractivity contribution < 1.29 is 29.0 Å². The zero-order valence-electron chi connectivity index (χ0n) is 13.7. The third-order valence-electron chi connectivity index (χ3n) is 3.30. The first-order valence-electron chi connectivity index (χ1n) is 7.38. The number of nitrogens with one attached hydrogen (secondary N) is 1. The number of carbonyl (C=O) groups is 3. The maximum Gasteiger partial charge on any atom is 0.337 e. The number of carbonyl (C=O) groups excluding carboxylic acids is 2. The number of carboxylic acid groups (broad SMARTS) is 1. The van der Waals surface area contributed by atoms with Gasteiger partial charge < -0.3 is 19.9 Å². The number of rotatable bonds is 6. The first kappa shape index (κ1) is 18.0. The van der Waals surface area contributed by atoms with Crippen LogP contribution in [-0.2, 0) is 16.0 Å². The van der Waals surface area contributed by atoms with Gasteiger partial charge in [-0.25, -0.2) is 4.79 Å². The quantitative estimate of drug-likeness (QED) is 0.617. The molecule has 7 nitrogen and oxygen atoms in total. The molecule has 2 N–H and O–H groups in total. The van der Waals surface area contributed by atoms with Crippen LogP contribution in [0, 0.1) is 0 Å². The maximum absolute atomic E-state index is 12.2. The Kier molecular flexibility index (Phi) is 5.73. The molecular formula is C18H17NO6. The number of esters is 1. The smallest absolute Gasteiger partial charge is 0.337 e. The second-order valence-corrected chi connectivity index (χ2v) is 5.14. The molecule has 0 heterocycles. The normalized spacial score (nSPS) is 10.0. The number of methoxy groups -OCH3 is 1. The molecule has 0 aliphatic carbocycles. The van der Waals surface area contributed by atoms with Crippen molar-refractivity contribution >= 4 is 23.5 Å². The summed E-state index contributed by atoms with van der Waals surface area (Å²) in [7, 11) is 1.51. The minimum absolute atomic E-state index is 0.0226. The van der Waals surface area contributed by atoms with Crippen molar-refractivity contribution in [3.8, 4) is 11.5 Å². The Balaban J connectivity index is 2.19. The fourth-order valence-corrected chi connectivity index (χ4v) is 2.26. The zero-order valence-corrected chi connectivity index (χ0v) is 13.7. The number of carboxylic acids is 1. The van der Waals surface area contributed by atoms with E-state index in [9.17, 15) is 19.5 Å². The van der Waals surface area contributed by atoms with Gasteiger partial charge >= 0.3 is 11.9 Å². The van der Waals surface area contributed by atoms with Crippen molar-refractivity contribution in [2.75, 3.05) is 12.4 Å². The number of anilines is 1. The van der Waals surface area contributed by atoms with Gasteiger partial charge in [-0.3, -0.25) is 9.59 Å². The molecule has 25 heavy (non-hydrogen) atoms. The lowest BCUT2D eigenvalue weighted by Gasteiger charge is -2.11. The summed E-state index contributed by atoms with van der Waals surface area (Å²) in [4.78, 5) is 34.6. The molecule has 0 unspecified atom stereocenters. The van der Waals surface area contributed by atoms with Crippen molar-refractivity contribution in [3.63, 3.8) is 0 Å². The van der Waals surface area contributed by atoms with Gasteiger partial charge in [0, 0.05) is 12.5 Å². The van der Waals surface area contributed by atoms with Gasteiger partial charge in [0.15, 0.2) is 0 Å². The minimum Gasteiger partial charge on any atom is -0.496 e. The van der Waals surface area contributed by atoms with Crippen LogP contribution in [0.5, 0.6) is 11.5 Å². The van der Waals surface area contributed by atoms with E-state index >= 15 is 0 Å². The molecule has 0 aliphatic heterocycles. The number of para-hydroxylation sites is 1. The summed E-state index contributed by atoms with van der Waals surface area (Å²) >= 11 is 0. The van der Waals surface area contributed by atoms with Crippen LogP contribution in [0.25, 0.3) is 0 Å². The number of aromatic carboxylic acids is 1. The molecule has 1 amide bonds. The molecule has 0 spiro atoms. The largest absolute Gasteiger partial charge is 0.496 e. The number of ether oxygens (including phenoxy) is 2. The average molecular weight is 343 g/mol.